The first-order valence-corrected chi connectivity index (χ1v) is 9.72. The zero-order valence-corrected chi connectivity index (χ0v) is 16.0. The van der Waals surface area contributed by atoms with E-state index in [1.807, 2.05) is 45.0 Å². The van der Waals surface area contributed by atoms with E-state index in [4.69, 9.17) is 4.74 Å². The number of ether oxygens (including phenoxy) is 1. The molecule has 0 bridgehead atoms. The smallest absolute Gasteiger partial charge is 0.261 e. The first-order valence-electron chi connectivity index (χ1n) is 9.72. The van der Waals surface area contributed by atoms with Gasteiger partial charge < -0.3 is 10.1 Å². The molecule has 0 saturated carbocycles. The average Bonchev–Trinajstić information content (AvgIpc) is 2.65. The van der Waals surface area contributed by atoms with E-state index in [1.54, 1.807) is 0 Å². The van der Waals surface area contributed by atoms with Gasteiger partial charge in [0.25, 0.3) is 5.91 Å². The molecule has 1 aliphatic carbocycles. The van der Waals surface area contributed by atoms with Gasteiger partial charge in [-0.05, 0) is 80.3 Å². The van der Waals surface area contributed by atoms with Crippen molar-refractivity contribution in [3.05, 3.63) is 64.7 Å². The van der Waals surface area contributed by atoms with Crippen LogP contribution in [0.15, 0.2) is 42.5 Å². The molecule has 0 spiro atoms. The average molecular weight is 351 g/mol. The number of aryl methyl sites for hydroxylation is 3. The molecule has 0 aliphatic heterocycles. The summed E-state index contributed by atoms with van der Waals surface area (Å²) in [6.45, 7) is 6.04. The van der Waals surface area contributed by atoms with Crippen LogP contribution in [0.2, 0.25) is 0 Å². The number of fused-ring (bicyclic) bond motifs is 1. The summed E-state index contributed by atoms with van der Waals surface area (Å²) in [4.78, 5) is 12.7. The van der Waals surface area contributed by atoms with E-state index in [0.717, 1.165) is 17.7 Å². The van der Waals surface area contributed by atoms with Gasteiger partial charge in [-0.25, -0.2) is 0 Å². The highest BCUT2D eigenvalue weighted by Crippen LogP contribution is 2.25. The van der Waals surface area contributed by atoms with Crippen LogP contribution in [0.4, 0.5) is 0 Å². The van der Waals surface area contributed by atoms with Crippen LogP contribution in [-0.2, 0) is 17.6 Å². The van der Waals surface area contributed by atoms with Crippen LogP contribution in [0, 0.1) is 6.92 Å². The highest BCUT2D eigenvalue weighted by atomic mass is 16.5. The highest BCUT2D eigenvalue weighted by molar-refractivity contribution is 5.81. The van der Waals surface area contributed by atoms with Crippen molar-refractivity contribution in [1.29, 1.82) is 0 Å². The number of amides is 1. The largest absolute Gasteiger partial charge is 0.481 e. The summed E-state index contributed by atoms with van der Waals surface area (Å²) >= 11 is 0. The fourth-order valence-corrected chi connectivity index (χ4v) is 3.59. The molecule has 26 heavy (non-hydrogen) atoms. The van der Waals surface area contributed by atoms with Crippen LogP contribution in [0.3, 0.4) is 0 Å². The summed E-state index contributed by atoms with van der Waals surface area (Å²) in [6, 6.07) is 14.5. The molecule has 0 fully saturated rings. The number of carbonyl (C=O) groups is 1. The zero-order chi connectivity index (χ0) is 18.5. The topological polar surface area (TPSA) is 38.3 Å². The number of hydrogen-bond acceptors (Lipinski definition) is 2. The Morgan fingerprint density at radius 1 is 1.12 bits per heavy atom. The number of carbonyl (C=O) groups excluding carboxylic acids is 1. The third-order valence-electron chi connectivity index (χ3n) is 5.16. The van der Waals surface area contributed by atoms with Crippen LogP contribution >= 0.6 is 0 Å². The first-order chi connectivity index (χ1) is 12.6. The molecule has 0 saturated heterocycles. The van der Waals surface area contributed by atoms with Crippen molar-refractivity contribution >= 4 is 5.91 Å². The molecule has 2 aromatic carbocycles. The lowest BCUT2D eigenvalue weighted by Gasteiger charge is -2.23. The van der Waals surface area contributed by atoms with E-state index in [9.17, 15) is 4.79 Å². The van der Waals surface area contributed by atoms with Crippen molar-refractivity contribution in [3.8, 4) is 5.75 Å². The molecule has 1 N–H and O–H groups in total. The summed E-state index contributed by atoms with van der Waals surface area (Å²) in [6.07, 6.45) is 5.04. The van der Waals surface area contributed by atoms with Crippen LogP contribution in [0.25, 0.3) is 0 Å². The van der Waals surface area contributed by atoms with Gasteiger partial charge in [0.1, 0.15) is 5.75 Å². The van der Waals surface area contributed by atoms with Crippen molar-refractivity contribution in [2.24, 2.45) is 0 Å². The Labute approximate surface area is 156 Å². The summed E-state index contributed by atoms with van der Waals surface area (Å²) in [5, 5.41) is 3.12. The highest BCUT2D eigenvalue weighted by Gasteiger charge is 2.21. The third-order valence-corrected chi connectivity index (χ3v) is 5.16. The van der Waals surface area contributed by atoms with Crippen LogP contribution in [0.1, 0.15) is 61.4 Å². The summed E-state index contributed by atoms with van der Waals surface area (Å²) in [5.74, 6) is 0.688. The standard InChI is InChI=1S/C23H29NO2/c1-4-22(26-21-11-7-8-16(2)14-21)23(25)24-17(3)19-13-12-18-9-5-6-10-20(18)15-19/h7-8,11-15,17,22H,4-6,9-10H2,1-3H3,(H,24,25)/t17-,22-/m0/s1. The fourth-order valence-electron chi connectivity index (χ4n) is 3.59. The second-order valence-electron chi connectivity index (χ2n) is 7.30. The fraction of sp³-hybridized carbons (Fsp3) is 0.435. The zero-order valence-electron chi connectivity index (χ0n) is 16.0. The second kappa shape index (κ2) is 8.39. The Hall–Kier alpha value is -2.29. The molecular formula is C23H29NO2. The van der Waals surface area contributed by atoms with Gasteiger partial charge in [0, 0.05) is 0 Å². The number of rotatable bonds is 6. The van der Waals surface area contributed by atoms with Gasteiger partial charge in [-0.15, -0.1) is 0 Å². The molecule has 0 heterocycles. The predicted molar refractivity (Wildman–Crippen MR) is 106 cm³/mol. The van der Waals surface area contributed by atoms with Crippen LogP contribution < -0.4 is 10.1 Å². The number of benzene rings is 2. The van der Waals surface area contributed by atoms with E-state index < -0.39 is 6.10 Å². The van der Waals surface area contributed by atoms with Crippen molar-refractivity contribution in [2.75, 3.05) is 0 Å². The molecule has 1 amide bonds. The van der Waals surface area contributed by atoms with E-state index in [2.05, 4.69) is 23.5 Å². The van der Waals surface area contributed by atoms with Crippen molar-refractivity contribution in [1.82, 2.24) is 5.32 Å². The summed E-state index contributed by atoms with van der Waals surface area (Å²) < 4.78 is 5.92. The monoisotopic (exact) mass is 351 g/mol. The van der Waals surface area contributed by atoms with Gasteiger partial charge in [-0.1, -0.05) is 37.3 Å². The molecule has 0 radical (unpaired) electrons. The molecule has 2 aromatic rings. The molecular weight excluding hydrogens is 322 g/mol. The molecule has 2 atom stereocenters. The Kier molecular flexibility index (Phi) is 5.97. The van der Waals surface area contributed by atoms with Gasteiger partial charge >= 0.3 is 0 Å². The van der Waals surface area contributed by atoms with Crippen molar-refractivity contribution in [3.63, 3.8) is 0 Å². The predicted octanol–water partition coefficient (Wildman–Crippen LogP) is 4.91. The minimum Gasteiger partial charge on any atom is -0.481 e. The molecule has 3 heteroatoms. The lowest BCUT2D eigenvalue weighted by Crippen LogP contribution is -2.39. The summed E-state index contributed by atoms with van der Waals surface area (Å²) in [7, 11) is 0. The van der Waals surface area contributed by atoms with Crippen molar-refractivity contribution < 1.29 is 9.53 Å². The Bertz CT molecular complexity index is 769. The van der Waals surface area contributed by atoms with Crippen LogP contribution in [0.5, 0.6) is 5.75 Å². The molecule has 1 aliphatic rings. The summed E-state index contributed by atoms with van der Waals surface area (Å²) in [5.41, 5.74) is 5.20. The molecule has 3 rings (SSSR count). The van der Waals surface area contributed by atoms with Gasteiger partial charge in [0.05, 0.1) is 6.04 Å². The van der Waals surface area contributed by atoms with E-state index >= 15 is 0 Å². The van der Waals surface area contributed by atoms with Gasteiger partial charge in [-0.3, -0.25) is 4.79 Å². The molecule has 138 valence electrons. The quantitative estimate of drug-likeness (QED) is 0.803. The molecule has 0 unspecified atom stereocenters. The third kappa shape index (κ3) is 4.46. The maximum atomic E-state index is 12.7. The number of hydrogen-bond donors (Lipinski definition) is 1. The van der Waals surface area contributed by atoms with Gasteiger partial charge in [-0.2, -0.15) is 0 Å². The van der Waals surface area contributed by atoms with E-state index in [0.29, 0.717) is 6.42 Å². The Balaban J connectivity index is 1.65. The van der Waals surface area contributed by atoms with Crippen molar-refractivity contribution in [2.45, 2.75) is 65.0 Å². The minimum atomic E-state index is -0.475. The maximum absolute atomic E-state index is 12.7. The lowest BCUT2D eigenvalue weighted by atomic mass is 9.89. The normalized spacial score (nSPS) is 15.7. The Morgan fingerprint density at radius 3 is 2.62 bits per heavy atom. The van der Waals surface area contributed by atoms with Gasteiger partial charge in [0.15, 0.2) is 6.10 Å². The second-order valence-corrected chi connectivity index (χ2v) is 7.30. The first kappa shape index (κ1) is 18.5. The molecule has 0 aromatic heterocycles. The van der Waals surface area contributed by atoms with E-state index in [1.165, 1.54) is 36.0 Å². The van der Waals surface area contributed by atoms with E-state index in [-0.39, 0.29) is 11.9 Å². The number of nitrogens with one attached hydrogen (secondary N) is 1. The Morgan fingerprint density at radius 2 is 1.88 bits per heavy atom. The lowest BCUT2D eigenvalue weighted by molar-refractivity contribution is -0.128. The van der Waals surface area contributed by atoms with Gasteiger partial charge in [0.2, 0.25) is 0 Å². The molecule has 3 nitrogen and oxygen atoms in total. The minimum absolute atomic E-state index is 0.0233. The van der Waals surface area contributed by atoms with Crippen LogP contribution in [-0.4, -0.2) is 12.0 Å². The SMILES string of the molecule is CC[C@H](Oc1cccc(C)c1)C(=O)N[C@@H](C)c1ccc2c(c1)CCCC2. The maximum Gasteiger partial charge on any atom is 0.261 e.